The number of rotatable bonds is 6. The van der Waals surface area contributed by atoms with Crippen molar-refractivity contribution < 1.29 is 9.53 Å². The van der Waals surface area contributed by atoms with Crippen LogP contribution in [0.15, 0.2) is 42.5 Å². The maximum Gasteiger partial charge on any atom is 0.261 e. The summed E-state index contributed by atoms with van der Waals surface area (Å²) in [5, 5.41) is 3.08. The zero-order valence-electron chi connectivity index (χ0n) is 18.4. The zero-order valence-corrected chi connectivity index (χ0v) is 18.4. The Morgan fingerprint density at radius 1 is 1.07 bits per heavy atom. The van der Waals surface area contributed by atoms with E-state index in [1.165, 1.54) is 18.5 Å². The van der Waals surface area contributed by atoms with E-state index < -0.39 is 6.10 Å². The van der Waals surface area contributed by atoms with Crippen molar-refractivity contribution in [3.63, 3.8) is 0 Å². The molecule has 1 amide bonds. The number of carbonyl (C=O) groups is 1. The largest absolute Gasteiger partial charge is 0.481 e. The molecule has 1 aliphatic heterocycles. The highest BCUT2D eigenvalue weighted by Crippen LogP contribution is 2.25. The van der Waals surface area contributed by atoms with E-state index >= 15 is 0 Å². The van der Waals surface area contributed by atoms with Gasteiger partial charge in [-0.2, -0.15) is 0 Å². The Labute approximate surface area is 175 Å². The topological polar surface area (TPSA) is 41.6 Å². The lowest BCUT2D eigenvalue weighted by atomic mass is 9.98. The molecule has 2 aromatic rings. The Kier molecular flexibility index (Phi) is 6.83. The number of hydrogen-bond donors (Lipinski definition) is 1. The fourth-order valence-corrected chi connectivity index (χ4v) is 3.73. The summed E-state index contributed by atoms with van der Waals surface area (Å²) in [5.74, 6) is 1.49. The number of benzene rings is 2. The van der Waals surface area contributed by atoms with Gasteiger partial charge in [-0.25, -0.2) is 0 Å². The molecule has 0 radical (unpaired) electrons. The van der Waals surface area contributed by atoms with Crippen molar-refractivity contribution in [2.24, 2.45) is 5.92 Å². The van der Waals surface area contributed by atoms with Crippen LogP contribution in [0.3, 0.4) is 0 Å². The smallest absolute Gasteiger partial charge is 0.261 e. The summed E-state index contributed by atoms with van der Waals surface area (Å²) in [6.45, 7) is 12.4. The number of aryl methyl sites for hydroxylation is 2. The molecule has 2 atom stereocenters. The Balaban J connectivity index is 1.56. The third-order valence-corrected chi connectivity index (χ3v) is 5.92. The monoisotopic (exact) mass is 394 g/mol. The summed E-state index contributed by atoms with van der Waals surface area (Å²) in [4.78, 5) is 15.1. The number of nitrogens with zero attached hydrogens (tertiary/aromatic N) is 1. The number of carbonyl (C=O) groups excluding carboxylic acids is 1. The second kappa shape index (κ2) is 9.34. The third-order valence-electron chi connectivity index (χ3n) is 5.92. The molecule has 3 rings (SSSR count). The molecule has 2 aromatic carbocycles. The SMILES string of the molecule is Cc1ccc(C)c(O[C@H](C)C(=O)N[C@@H](C)c2ccc(N3CCC(C)CC3)cc2)c1. The summed E-state index contributed by atoms with van der Waals surface area (Å²) in [5.41, 5.74) is 4.53. The lowest BCUT2D eigenvalue weighted by molar-refractivity contribution is -0.127. The van der Waals surface area contributed by atoms with Crippen LogP contribution >= 0.6 is 0 Å². The molecule has 1 heterocycles. The number of amides is 1. The van der Waals surface area contributed by atoms with Gasteiger partial charge in [0.05, 0.1) is 6.04 Å². The molecular weight excluding hydrogens is 360 g/mol. The minimum absolute atomic E-state index is 0.0671. The minimum atomic E-state index is -0.549. The Morgan fingerprint density at radius 2 is 1.72 bits per heavy atom. The van der Waals surface area contributed by atoms with Crippen molar-refractivity contribution >= 4 is 11.6 Å². The lowest BCUT2D eigenvalue weighted by Gasteiger charge is -2.32. The van der Waals surface area contributed by atoms with Crippen molar-refractivity contribution in [2.75, 3.05) is 18.0 Å². The molecule has 0 spiro atoms. The normalized spacial score (nSPS) is 16.9. The molecule has 29 heavy (non-hydrogen) atoms. The first-order valence-electron chi connectivity index (χ1n) is 10.7. The predicted octanol–water partition coefficient (Wildman–Crippen LogP) is 5.18. The first-order valence-corrected chi connectivity index (χ1v) is 10.7. The quantitative estimate of drug-likeness (QED) is 0.733. The standard InChI is InChI=1S/C25H34N2O2/c1-17-12-14-27(15-13-17)23-10-8-22(9-11-23)20(4)26-25(28)21(5)29-24-16-18(2)6-7-19(24)3/h6-11,16-17,20-21H,12-15H2,1-5H3,(H,26,28)/t20-,21+/m0/s1. The Hall–Kier alpha value is -2.49. The number of ether oxygens (including phenoxy) is 1. The highest BCUT2D eigenvalue weighted by molar-refractivity contribution is 5.81. The molecule has 1 fully saturated rings. The molecule has 1 saturated heterocycles. The van der Waals surface area contributed by atoms with Crippen LogP contribution in [0.4, 0.5) is 5.69 Å². The van der Waals surface area contributed by atoms with Crippen molar-refractivity contribution in [1.29, 1.82) is 0 Å². The molecule has 0 aromatic heterocycles. The van der Waals surface area contributed by atoms with Gasteiger partial charge in [0.15, 0.2) is 6.10 Å². The summed E-state index contributed by atoms with van der Waals surface area (Å²) in [6.07, 6.45) is 1.96. The van der Waals surface area contributed by atoms with Crippen LogP contribution in [-0.4, -0.2) is 25.1 Å². The third kappa shape index (κ3) is 5.53. The van der Waals surface area contributed by atoms with E-state index in [9.17, 15) is 4.79 Å². The van der Waals surface area contributed by atoms with Gasteiger partial charge in [-0.1, -0.05) is 31.2 Å². The molecule has 1 N–H and O–H groups in total. The van der Waals surface area contributed by atoms with Crippen molar-refractivity contribution in [2.45, 2.75) is 59.6 Å². The predicted molar refractivity (Wildman–Crippen MR) is 120 cm³/mol. The summed E-state index contributed by atoms with van der Waals surface area (Å²) in [7, 11) is 0. The van der Waals surface area contributed by atoms with Gasteiger partial charge in [-0.15, -0.1) is 0 Å². The number of hydrogen-bond acceptors (Lipinski definition) is 3. The van der Waals surface area contributed by atoms with Crippen molar-refractivity contribution in [1.82, 2.24) is 5.32 Å². The summed E-state index contributed by atoms with van der Waals surface area (Å²) < 4.78 is 5.91. The van der Waals surface area contributed by atoms with E-state index in [0.29, 0.717) is 0 Å². The molecule has 4 heteroatoms. The van der Waals surface area contributed by atoms with Crippen LogP contribution in [0.5, 0.6) is 5.75 Å². The van der Waals surface area contributed by atoms with Crippen LogP contribution in [-0.2, 0) is 4.79 Å². The molecule has 0 saturated carbocycles. The van der Waals surface area contributed by atoms with E-state index in [2.05, 4.69) is 41.4 Å². The fourth-order valence-electron chi connectivity index (χ4n) is 3.73. The zero-order chi connectivity index (χ0) is 21.0. The first kappa shape index (κ1) is 21.2. The average Bonchev–Trinajstić information content (AvgIpc) is 2.71. The van der Waals surface area contributed by atoms with Crippen LogP contribution in [0.1, 0.15) is 56.3 Å². The molecular formula is C25H34N2O2. The van der Waals surface area contributed by atoms with Crippen molar-refractivity contribution in [3.05, 3.63) is 59.2 Å². The lowest BCUT2D eigenvalue weighted by Crippen LogP contribution is -2.38. The van der Waals surface area contributed by atoms with Gasteiger partial charge in [0.25, 0.3) is 5.91 Å². The Bertz CT molecular complexity index is 823. The van der Waals surface area contributed by atoms with Gasteiger partial charge < -0.3 is 15.0 Å². The number of anilines is 1. The number of nitrogens with one attached hydrogen (secondary N) is 1. The average molecular weight is 395 g/mol. The van der Waals surface area contributed by atoms with Gasteiger partial charge in [-0.3, -0.25) is 4.79 Å². The summed E-state index contributed by atoms with van der Waals surface area (Å²) >= 11 is 0. The highest BCUT2D eigenvalue weighted by atomic mass is 16.5. The second-order valence-electron chi connectivity index (χ2n) is 8.52. The van der Waals surface area contributed by atoms with E-state index in [0.717, 1.165) is 41.4 Å². The fraction of sp³-hybridized carbons (Fsp3) is 0.480. The molecule has 1 aliphatic rings. The van der Waals surface area contributed by atoms with E-state index in [1.807, 2.05) is 39.0 Å². The maximum absolute atomic E-state index is 12.6. The van der Waals surface area contributed by atoms with Crippen LogP contribution < -0.4 is 15.0 Å². The maximum atomic E-state index is 12.6. The van der Waals surface area contributed by atoms with Crippen LogP contribution in [0.25, 0.3) is 0 Å². The summed E-state index contributed by atoms with van der Waals surface area (Å²) in [6, 6.07) is 14.5. The number of piperidine rings is 1. The molecule has 0 bridgehead atoms. The molecule has 0 unspecified atom stereocenters. The van der Waals surface area contributed by atoms with Gasteiger partial charge in [0.2, 0.25) is 0 Å². The van der Waals surface area contributed by atoms with E-state index in [-0.39, 0.29) is 11.9 Å². The van der Waals surface area contributed by atoms with Crippen LogP contribution in [0.2, 0.25) is 0 Å². The van der Waals surface area contributed by atoms with Gasteiger partial charge in [0, 0.05) is 18.8 Å². The van der Waals surface area contributed by atoms with E-state index in [4.69, 9.17) is 4.74 Å². The van der Waals surface area contributed by atoms with Gasteiger partial charge >= 0.3 is 0 Å². The highest BCUT2D eigenvalue weighted by Gasteiger charge is 2.19. The van der Waals surface area contributed by atoms with Gasteiger partial charge in [0.1, 0.15) is 5.75 Å². The second-order valence-corrected chi connectivity index (χ2v) is 8.52. The van der Waals surface area contributed by atoms with E-state index in [1.54, 1.807) is 6.92 Å². The van der Waals surface area contributed by atoms with Crippen LogP contribution in [0, 0.1) is 19.8 Å². The molecule has 4 nitrogen and oxygen atoms in total. The molecule has 156 valence electrons. The van der Waals surface area contributed by atoms with Crippen molar-refractivity contribution in [3.8, 4) is 5.75 Å². The minimum Gasteiger partial charge on any atom is -0.481 e. The first-order chi connectivity index (χ1) is 13.8. The Morgan fingerprint density at radius 3 is 2.38 bits per heavy atom. The van der Waals surface area contributed by atoms with Gasteiger partial charge in [-0.05, 0) is 81.3 Å². The molecule has 0 aliphatic carbocycles.